The summed E-state index contributed by atoms with van der Waals surface area (Å²) >= 11 is 0. The minimum atomic E-state index is -1.01. The highest BCUT2D eigenvalue weighted by atomic mass is 16.4. The first-order valence-electron chi connectivity index (χ1n) is 5.09. The summed E-state index contributed by atoms with van der Waals surface area (Å²) < 4.78 is 0. The van der Waals surface area contributed by atoms with Crippen molar-refractivity contribution < 1.29 is 9.90 Å². The van der Waals surface area contributed by atoms with E-state index in [-0.39, 0.29) is 17.0 Å². The molecule has 4 nitrogen and oxygen atoms in total. The fourth-order valence-electron chi connectivity index (χ4n) is 2.22. The second kappa shape index (κ2) is 3.53. The first-order valence-corrected chi connectivity index (χ1v) is 5.09. The average Bonchev–Trinajstić information content (AvgIpc) is 2.18. The fourth-order valence-corrected chi connectivity index (χ4v) is 2.22. The predicted molar refractivity (Wildman–Crippen MR) is 55.4 cm³/mol. The van der Waals surface area contributed by atoms with Gasteiger partial charge in [-0.15, -0.1) is 0 Å². The van der Waals surface area contributed by atoms with Crippen LogP contribution in [0.15, 0.2) is 10.9 Å². The van der Waals surface area contributed by atoms with Crippen LogP contribution in [0.5, 0.6) is 0 Å². The number of hydrogen-bond donors (Lipinski definition) is 2. The molecule has 0 fully saturated rings. The molecule has 0 saturated heterocycles. The number of aromatic carboxylic acids is 1. The van der Waals surface area contributed by atoms with Crippen molar-refractivity contribution in [3.63, 3.8) is 0 Å². The number of aromatic nitrogens is 1. The van der Waals surface area contributed by atoms with Crippen molar-refractivity contribution in [2.24, 2.45) is 0 Å². The van der Waals surface area contributed by atoms with E-state index in [4.69, 9.17) is 5.11 Å². The number of pyridine rings is 1. The standard InChI is InChI=1S/C11H13NO3/c1-6-3-2-4-7-8(11(14)15)5-9(13)12-10(6)7/h5-6H,2-4H2,1H3,(H,12,13)(H,14,15). The first kappa shape index (κ1) is 9.96. The fraction of sp³-hybridized carbons (Fsp3) is 0.455. The van der Waals surface area contributed by atoms with Crippen molar-refractivity contribution in [2.45, 2.75) is 32.1 Å². The van der Waals surface area contributed by atoms with Gasteiger partial charge in [0, 0.05) is 11.8 Å². The molecule has 1 aromatic heterocycles. The number of nitrogens with one attached hydrogen (secondary N) is 1. The van der Waals surface area contributed by atoms with Crippen LogP contribution in [0.25, 0.3) is 0 Å². The quantitative estimate of drug-likeness (QED) is 0.733. The lowest BCUT2D eigenvalue weighted by molar-refractivity contribution is 0.0695. The molecule has 15 heavy (non-hydrogen) atoms. The monoisotopic (exact) mass is 207 g/mol. The molecule has 4 heteroatoms. The molecule has 0 amide bonds. The van der Waals surface area contributed by atoms with Gasteiger partial charge in [0.25, 0.3) is 0 Å². The number of aromatic amines is 1. The Balaban J connectivity index is 2.67. The highest BCUT2D eigenvalue weighted by Crippen LogP contribution is 2.30. The van der Waals surface area contributed by atoms with Crippen LogP contribution in [0, 0.1) is 0 Å². The van der Waals surface area contributed by atoms with Crippen molar-refractivity contribution in [3.8, 4) is 0 Å². The number of hydrogen-bond acceptors (Lipinski definition) is 2. The predicted octanol–water partition coefficient (Wildman–Crippen LogP) is 1.51. The van der Waals surface area contributed by atoms with E-state index in [2.05, 4.69) is 4.98 Å². The molecule has 1 aliphatic rings. The number of carboxylic acids is 1. The summed E-state index contributed by atoms with van der Waals surface area (Å²) in [6.45, 7) is 2.01. The maximum atomic E-state index is 11.3. The third kappa shape index (κ3) is 1.67. The summed E-state index contributed by atoms with van der Waals surface area (Å²) in [5.74, 6) is -0.757. The van der Waals surface area contributed by atoms with Crippen LogP contribution in [-0.4, -0.2) is 16.1 Å². The molecule has 0 spiro atoms. The van der Waals surface area contributed by atoms with Gasteiger partial charge in [0.15, 0.2) is 0 Å². The maximum Gasteiger partial charge on any atom is 0.336 e. The number of fused-ring (bicyclic) bond motifs is 1. The molecule has 0 saturated carbocycles. The molecular weight excluding hydrogens is 194 g/mol. The minimum absolute atomic E-state index is 0.167. The Hall–Kier alpha value is -1.58. The lowest BCUT2D eigenvalue weighted by atomic mass is 9.85. The third-order valence-corrected chi connectivity index (χ3v) is 2.97. The Morgan fingerprint density at radius 2 is 2.33 bits per heavy atom. The molecule has 2 rings (SSSR count). The van der Waals surface area contributed by atoms with Crippen molar-refractivity contribution in [3.05, 3.63) is 33.2 Å². The van der Waals surface area contributed by atoms with Crippen LogP contribution in [0.3, 0.4) is 0 Å². The van der Waals surface area contributed by atoms with E-state index in [0.717, 1.165) is 30.5 Å². The summed E-state index contributed by atoms with van der Waals surface area (Å²) in [6, 6.07) is 1.18. The van der Waals surface area contributed by atoms with Gasteiger partial charge < -0.3 is 10.1 Å². The summed E-state index contributed by atoms with van der Waals surface area (Å²) in [5.41, 5.74) is 1.47. The second-order valence-electron chi connectivity index (χ2n) is 4.04. The number of carboxylic acid groups (broad SMARTS) is 1. The second-order valence-corrected chi connectivity index (χ2v) is 4.04. The Bertz CT molecular complexity index is 461. The molecule has 0 aromatic carbocycles. The topological polar surface area (TPSA) is 70.2 Å². The van der Waals surface area contributed by atoms with Gasteiger partial charge in [0.2, 0.25) is 5.56 Å². The smallest absolute Gasteiger partial charge is 0.336 e. The van der Waals surface area contributed by atoms with Gasteiger partial charge in [-0.05, 0) is 30.7 Å². The van der Waals surface area contributed by atoms with E-state index in [1.807, 2.05) is 6.92 Å². The van der Waals surface area contributed by atoms with Crippen molar-refractivity contribution in [2.75, 3.05) is 0 Å². The molecule has 1 heterocycles. The van der Waals surface area contributed by atoms with E-state index < -0.39 is 5.97 Å². The van der Waals surface area contributed by atoms with Gasteiger partial charge in [-0.3, -0.25) is 4.79 Å². The zero-order chi connectivity index (χ0) is 11.0. The molecule has 2 N–H and O–H groups in total. The van der Waals surface area contributed by atoms with Crippen LogP contribution in [0.4, 0.5) is 0 Å². The normalized spacial score (nSPS) is 19.7. The lowest BCUT2D eigenvalue weighted by Crippen LogP contribution is -2.21. The van der Waals surface area contributed by atoms with E-state index in [1.165, 1.54) is 6.07 Å². The van der Waals surface area contributed by atoms with E-state index in [0.29, 0.717) is 0 Å². The zero-order valence-electron chi connectivity index (χ0n) is 8.54. The van der Waals surface area contributed by atoms with Crippen LogP contribution < -0.4 is 5.56 Å². The first-order chi connectivity index (χ1) is 7.09. The number of H-pyrrole nitrogens is 1. The summed E-state index contributed by atoms with van der Waals surface area (Å²) in [7, 11) is 0. The molecule has 1 aromatic rings. The van der Waals surface area contributed by atoms with Gasteiger partial charge in [-0.1, -0.05) is 6.92 Å². The molecule has 0 aliphatic heterocycles. The average molecular weight is 207 g/mol. The SMILES string of the molecule is CC1CCCc2c(C(=O)O)cc(=O)[nH]c21. The van der Waals surface area contributed by atoms with Gasteiger partial charge in [0.1, 0.15) is 0 Å². The van der Waals surface area contributed by atoms with Crippen LogP contribution >= 0.6 is 0 Å². The van der Waals surface area contributed by atoms with E-state index >= 15 is 0 Å². The Labute approximate surface area is 87.0 Å². The number of carbonyl (C=O) groups is 1. The van der Waals surface area contributed by atoms with Crippen molar-refractivity contribution in [1.82, 2.24) is 4.98 Å². The van der Waals surface area contributed by atoms with Crippen LogP contribution in [-0.2, 0) is 6.42 Å². The number of rotatable bonds is 1. The van der Waals surface area contributed by atoms with Crippen molar-refractivity contribution in [1.29, 1.82) is 0 Å². The molecular formula is C11H13NO3. The summed E-state index contributed by atoms with van der Waals surface area (Å²) in [6.07, 6.45) is 2.74. The Kier molecular flexibility index (Phi) is 2.34. The summed E-state index contributed by atoms with van der Waals surface area (Å²) in [5, 5.41) is 9.00. The van der Waals surface area contributed by atoms with Crippen LogP contribution in [0.1, 0.15) is 47.3 Å². The highest BCUT2D eigenvalue weighted by molar-refractivity contribution is 5.89. The molecule has 1 atom stereocenters. The molecule has 0 radical (unpaired) electrons. The van der Waals surface area contributed by atoms with Crippen LogP contribution in [0.2, 0.25) is 0 Å². The van der Waals surface area contributed by atoms with E-state index in [9.17, 15) is 9.59 Å². The van der Waals surface area contributed by atoms with Gasteiger partial charge in [-0.25, -0.2) is 4.79 Å². The largest absolute Gasteiger partial charge is 0.478 e. The zero-order valence-corrected chi connectivity index (χ0v) is 8.54. The minimum Gasteiger partial charge on any atom is -0.478 e. The molecule has 80 valence electrons. The molecule has 1 aliphatic carbocycles. The van der Waals surface area contributed by atoms with Gasteiger partial charge in [-0.2, -0.15) is 0 Å². The maximum absolute atomic E-state index is 11.3. The Morgan fingerprint density at radius 1 is 1.60 bits per heavy atom. The molecule has 1 unspecified atom stereocenters. The Morgan fingerprint density at radius 3 is 3.00 bits per heavy atom. The van der Waals surface area contributed by atoms with Crippen molar-refractivity contribution >= 4 is 5.97 Å². The van der Waals surface area contributed by atoms with Gasteiger partial charge >= 0.3 is 5.97 Å². The van der Waals surface area contributed by atoms with Gasteiger partial charge in [0.05, 0.1) is 5.56 Å². The third-order valence-electron chi connectivity index (χ3n) is 2.97. The summed E-state index contributed by atoms with van der Waals surface area (Å²) in [4.78, 5) is 25.0. The molecule has 0 bridgehead atoms. The lowest BCUT2D eigenvalue weighted by Gasteiger charge is -2.22. The highest BCUT2D eigenvalue weighted by Gasteiger charge is 2.22. The van der Waals surface area contributed by atoms with E-state index in [1.54, 1.807) is 0 Å².